The van der Waals surface area contributed by atoms with Gasteiger partial charge in [0.2, 0.25) is 0 Å². The number of rotatable bonds is 3. The highest BCUT2D eigenvalue weighted by molar-refractivity contribution is 5.71. The fourth-order valence-electron chi connectivity index (χ4n) is 3.61. The number of carbonyl (C=O) groups is 1. The van der Waals surface area contributed by atoms with Gasteiger partial charge in [-0.1, -0.05) is 30.3 Å². The highest BCUT2D eigenvalue weighted by atomic mass is 16.6. The molecule has 0 aliphatic carbocycles. The average molecular weight is 420 g/mol. The van der Waals surface area contributed by atoms with E-state index < -0.39 is 5.60 Å². The number of amides is 1. The molecule has 1 aliphatic rings. The zero-order valence-corrected chi connectivity index (χ0v) is 18.8. The molecule has 1 amide bonds. The van der Waals surface area contributed by atoms with Crippen LogP contribution in [0.2, 0.25) is 0 Å². The summed E-state index contributed by atoms with van der Waals surface area (Å²) in [4.78, 5) is 24.2. The molecule has 162 valence electrons. The molecule has 3 aromatic rings. The van der Waals surface area contributed by atoms with Gasteiger partial charge >= 0.3 is 6.09 Å². The molecule has 0 atom stereocenters. The van der Waals surface area contributed by atoms with Crippen molar-refractivity contribution in [1.29, 1.82) is 0 Å². The first kappa shape index (κ1) is 21.0. The molecule has 7 nitrogen and oxygen atoms in total. The van der Waals surface area contributed by atoms with Gasteiger partial charge in [0.05, 0.1) is 24.1 Å². The Morgan fingerprint density at radius 1 is 1.10 bits per heavy atom. The Balaban J connectivity index is 1.76. The topological polar surface area (TPSA) is 73.1 Å². The van der Waals surface area contributed by atoms with Crippen molar-refractivity contribution in [3.63, 3.8) is 0 Å². The Kier molecular flexibility index (Phi) is 5.52. The van der Waals surface area contributed by atoms with Crippen molar-refractivity contribution in [3.8, 4) is 22.6 Å². The van der Waals surface area contributed by atoms with Crippen LogP contribution < -0.4 is 0 Å². The predicted molar refractivity (Wildman–Crippen MR) is 119 cm³/mol. The molecule has 2 aromatic heterocycles. The molecule has 3 heterocycles. The summed E-state index contributed by atoms with van der Waals surface area (Å²) in [5, 5.41) is 4.50. The Labute approximate surface area is 183 Å². The van der Waals surface area contributed by atoms with Crippen LogP contribution in [0.4, 0.5) is 4.79 Å². The maximum absolute atomic E-state index is 12.7. The Morgan fingerprint density at radius 3 is 2.48 bits per heavy atom. The zero-order valence-electron chi connectivity index (χ0n) is 18.8. The van der Waals surface area contributed by atoms with Gasteiger partial charge in [0, 0.05) is 35.5 Å². The normalized spacial score (nSPS) is 13.9. The van der Waals surface area contributed by atoms with Crippen LogP contribution in [0.15, 0.2) is 42.7 Å². The van der Waals surface area contributed by atoms with E-state index in [4.69, 9.17) is 14.7 Å². The number of nitrogens with zero attached hydrogens (tertiary/aromatic N) is 5. The number of aromatic nitrogens is 4. The van der Waals surface area contributed by atoms with Gasteiger partial charge < -0.3 is 9.64 Å². The largest absolute Gasteiger partial charge is 0.444 e. The average Bonchev–Trinajstić information content (AvgIpc) is 3.22. The van der Waals surface area contributed by atoms with Gasteiger partial charge in [0.25, 0.3) is 0 Å². The number of ether oxygens (including phenoxy) is 1. The van der Waals surface area contributed by atoms with E-state index in [1.807, 2.05) is 68.2 Å². The number of hydrogen-bond acceptors (Lipinski definition) is 5. The second-order valence-corrected chi connectivity index (χ2v) is 9.14. The van der Waals surface area contributed by atoms with Crippen LogP contribution in [0.5, 0.6) is 0 Å². The molecule has 0 fully saturated rings. The monoisotopic (exact) mass is 419 g/mol. The fourth-order valence-corrected chi connectivity index (χ4v) is 3.61. The molecular weight excluding hydrogens is 390 g/mol. The second-order valence-electron chi connectivity index (χ2n) is 9.14. The smallest absolute Gasteiger partial charge is 0.410 e. The lowest BCUT2D eigenvalue weighted by atomic mass is 9.99. The molecule has 7 heteroatoms. The molecule has 0 radical (unpaired) electrons. The highest BCUT2D eigenvalue weighted by Gasteiger charge is 2.29. The third kappa shape index (κ3) is 4.60. The Morgan fingerprint density at radius 2 is 1.84 bits per heavy atom. The van der Waals surface area contributed by atoms with Crippen LogP contribution in [0.3, 0.4) is 0 Å². The Bertz CT molecular complexity index is 1080. The van der Waals surface area contributed by atoms with Crippen molar-refractivity contribution in [3.05, 3.63) is 54.0 Å². The van der Waals surface area contributed by atoms with Crippen molar-refractivity contribution in [1.82, 2.24) is 24.6 Å². The molecule has 0 spiro atoms. The van der Waals surface area contributed by atoms with Gasteiger partial charge in [-0.3, -0.25) is 4.68 Å². The molecule has 1 aromatic carbocycles. The number of fused-ring (bicyclic) bond motifs is 1. The maximum Gasteiger partial charge on any atom is 0.410 e. The van der Waals surface area contributed by atoms with Crippen LogP contribution in [0.25, 0.3) is 22.6 Å². The third-order valence-corrected chi connectivity index (χ3v) is 5.15. The van der Waals surface area contributed by atoms with E-state index in [2.05, 4.69) is 18.9 Å². The van der Waals surface area contributed by atoms with E-state index in [9.17, 15) is 4.79 Å². The van der Waals surface area contributed by atoms with E-state index >= 15 is 0 Å². The summed E-state index contributed by atoms with van der Waals surface area (Å²) >= 11 is 0. The van der Waals surface area contributed by atoms with Crippen molar-refractivity contribution in [2.75, 3.05) is 6.54 Å². The van der Waals surface area contributed by atoms with E-state index in [1.165, 1.54) is 0 Å². The van der Waals surface area contributed by atoms with Gasteiger partial charge in [0.15, 0.2) is 5.82 Å². The summed E-state index contributed by atoms with van der Waals surface area (Å²) in [7, 11) is 0. The van der Waals surface area contributed by atoms with Gasteiger partial charge in [-0.05, 0) is 41.0 Å². The van der Waals surface area contributed by atoms with Crippen LogP contribution in [-0.4, -0.2) is 42.9 Å². The molecule has 4 rings (SSSR count). The highest BCUT2D eigenvalue weighted by Crippen LogP contribution is 2.31. The van der Waals surface area contributed by atoms with Crippen molar-refractivity contribution in [2.45, 2.75) is 59.2 Å². The van der Waals surface area contributed by atoms with Crippen molar-refractivity contribution < 1.29 is 9.53 Å². The first-order valence-electron chi connectivity index (χ1n) is 10.7. The van der Waals surface area contributed by atoms with Gasteiger partial charge in [-0.15, -0.1) is 0 Å². The molecule has 0 N–H and O–H groups in total. The second kappa shape index (κ2) is 8.13. The molecule has 31 heavy (non-hydrogen) atoms. The predicted octanol–water partition coefficient (Wildman–Crippen LogP) is 4.88. The van der Waals surface area contributed by atoms with Crippen LogP contribution in [-0.2, 0) is 17.7 Å². The Hall–Kier alpha value is -3.22. The lowest BCUT2D eigenvalue weighted by Crippen LogP contribution is -2.40. The molecular formula is C24H29N5O2. The first-order chi connectivity index (χ1) is 14.7. The quantitative estimate of drug-likeness (QED) is 0.605. The number of carbonyl (C=O) groups excluding carboxylic acids is 1. The summed E-state index contributed by atoms with van der Waals surface area (Å²) in [6.07, 6.45) is 4.25. The van der Waals surface area contributed by atoms with E-state index in [0.29, 0.717) is 25.3 Å². The van der Waals surface area contributed by atoms with E-state index in [1.54, 1.807) is 4.90 Å². The van der Waals surface area contributed by atoms with Gasteiger partial charge in [0.1, 0.15) is 5.60 Å². The van der Waals surface area contributed by atoms with Crippen LogP contribution in [0, 0.1) is 0 Å². The van der Waals surface area contributed by atoms with Crippen molar-refractivity contribution >= 4 is 6.09 Å². The number of hydrogen-bond donors (Lipinski definition) is 0. The third-order valence-electron chi connectivity index (χ3n) is 5.15. The number of benzene rings is 1. The molecule has 1 aliphatic heterocycles. The minimum absolute atomic E-state index is 0.266. The summed E-state index contributed by atoms with van der Waals surface area (Å²) in [6.45, 7) is 10.8. The van der Waals surface area contributed by atoms with Crippen LogP contribution >= 0.6 is 0 Å². The minimum Gasteiger partial charge on any atom is -0.444 e. The van der Waals surface area contributed by atoms with E-state index in [-0.39, 0.29) is 12.1 Å². The zero-order chi connectivity index (χ0) is 22.2. The molecule has 0 saturated carbocycles. The maximum atomic E-state index is 12.7. The first-order valence-corrected chi connectivity index (χ1v) is 10.7. The van der Waals surface area contributed by atoms with Crippen LogP contribution in [0.1, 0.15) is 51.9 Å². The fraction of sp³-hybridized carbons (Fsp3) is 0.417. The standard InChI is InChI=1S/C24H29N5O2/c1-16(2)29-14-18(13-25-29)21-19-11-12-28(23(30)31-24(3,4)5)15-20(19)26-22(27-21)17-9-7-6-8-10-17/h6-10,13-14,16H,11-12,15H2,1-5H3. The lowest BCUT2D eigenvalue weighted by Gasteiger charge is -2.31. The van der Waals surface area contributed by atoms with E-state index in [0.717, 1.165) is 28.1 Å². The summed E-state index contributed by atoms with van der Waals surface area (Å²) in [5.41, 5.74) is 4.20. The molecule has 0 unspecified atom stereocenters. The van der Waals surface area contributed by atoms with Gasteiger partial charge in [-0.2, -0.15) is 5.10 Å². The SMILES string of the molecule is CC(C)n1cc(-c2nc(-c3ccccc3)nc3c2CCN(C(=O)OC(C)(C)C)C3)cn1. The lowest BCUT2D eigenvalue weighted by molar-refractivity contribution is 0.0221. The molecule has 0 bridgehead atoms. The summed E-state index contributed by atoms with van der Waals surface area (Å²) < 4.78 is 7.51. The summed E-state index contributed by atoms with van der Waals surface area (Å²) in [5.74, 6) is 0.651. The molecule has 0 saturated heterocycles. The van der Waals surface area contributed by atoms with Crippen molar-refractivity contribution in [2.24, 2.45) is 0 Å². The van der Waals surface area contributed by atoms with Gasteiger partial charge in [-0.25, -0.2) is 14.8 Å². The summed E-state index contributed by atoms with van der Waals surface area (Å²) in [6, 6.07) is 10.2. The minimum atomic E-state index is -0.533.